The standard InChI is InChI=1S/C18H25N3O2/c1-2-3-11-15(19)18-21-16(13-23-18)17(22)20-12-7-10-14-8-5-4-6-9-14/h4-6,8-9,13,15H,2-3,7,10-12,19H2,1H3,(H,20,22). The molecule has 5 nitrogen and oxygen atoms in total. The van der Waals surface area contributed by atoms with Gasteiger partial charge in [0.05, 0.1) is 6.04 Å². The van der Waals surface area contributed by atoms with Gasteiger partial charge < -0.3 is 15.5 Å². The Labute approximate surface area is 137 Å². The highest BCUT2D eigenvalue weighted by molar-refractivity contribution is 5.91. The van der Waals surface area contributed by atoms with Crippen LogP contribution in [0.3, 0.4) is 0 Å². The maximum Gasteiger partial charge on any atom is 0.273 e. The molecular weight excluding hydrogens is 290 g/mol. The lowest BCUT2D eigenvalue weighted by Gasteiger charge is -2.05. The zero-order chi connectivity index (χ0) is 16.5. The van der Waals surface area contributed by atoms with Gasteiger partial charge in [-0.3, -0.25) is 4.79 Å². The third-order valence-corrected chi connectivity index (χ3v) is 3.71. The molecule has 1 aromatic carbocycles. The number of unbranched alkanes of at least 4 members (excludes halogenated alkanes) is 1. The van der Waals surface area contributed by atoms with Crippen molar-refractivity contribution >= 4 is 5.91 Å². The molecule has 1 amide bonds. The fraction of sp³-hybridized carbons (Fsp3) is 0.444. The lowest BCUT2D eigenvalue weighted by atomic mass is 10.1. The van der Waals surface area contributed by atoms with E-state index < -0.39 is 0 Å². The lowest BCUT2D eigenvalue weighted by molar-refractivity contribution is 0.0948. The molecule has 5 heteroatoms. The quantitative estimate of drug-likeness (QED) is 0.696. The number of hydrogen-bond acceptors (Lipinski definition) is 4. The minimum Gasteiger partial charge on any atom is -0.446 e. The summed E-state index contributed by atoms with van der Waals surface area (Å²) in [6, 6.07) is 9.97. The van der Waals surface area contributed by atoms with Crippen molar-refractivity contribution in [2.45, 2.75) is 45.1 Å². The first-order chi connectivity index (χ1) is 11.2. The summed E-state index contributed by atoms with van der Waals surface area (Å²) in [6.07, 6.45) is 6.11. The summed E-state index contributed by atoms with van der Waals surface area (Å²) in [6.45, 7) is 2.72. The van der Waals surface area contributed by atoms with Crippen molar-refractivity contribution < 1.29 is 9.21 Å². The van der Waals surface area contributed by atoms with Gasteiger partial charge in [-0.25, -0.2) is 4.98 Å². The zero-order valence-electron chi connectivity index (χ0n) is 13.6. The van der Waals surface area contributed by atoms with Crippen LogP contribution in [0, 0.1) is 0 Å². The molecule has 0 bridgehead atoms. The van der Waals surface area contributed by atoms with E-state index in [0.29, 0.717) is 18.1 Å². The number of carbonyl (C=O) groups excluding carboxylic acids is 1. The van der Waals surface area contributed by atoms with Crippen LogP contribution in [0.4, 0.5) is 0 Å². The van der Waals surface area contributed by atoms with Gasteiger partial charge in [-0.15, -0.1) is 0 Å². The highest BCUT2D eigenvalue weighted by Gasteiger charge is 2.16. The SMILES string of the molecule is CCCCC(N)c1nc(C(=O)NCCCc2ccccc2)co1. The molecule has 0 fully saturated rings. The van der Waals surface area contributed by atoms with Gasteiger partial charge in [-0.05, 0) is 24.8 Å². The van der Waals surface area contributed by atoms with E-state index in [9.17, 15) is 4.79 Å². The number of benzene rings is 1. The second kappa shape index (κ2) is 9.10. The van der Waals surface area contributed by atoms with Crippen LogP contribution < -0.4 is 11.1 Å². The van der Waals surface area contributed by atoms with E-state index in [1.54, 1.807) is 0 Å². The molecule has 0 aliphatic rings. The maximum atomic E-state index is 12.0. The van der Waals surface area contributed by atoms with Crippen LogP contribution in [-0.4, -0.2) is 17.4 Å². The molecular formula is C18H25N3O2. The Morgan fingerprint density at radius 3 is 2.83 bits per heavy atom. The Hall–Kier alpha value is -2.14. The third kappa shape index (κ3) is 5.53. The predicted molar refractivity (Wildman–Crippen MR) is 90.1 cm³/mol. The Bertz CT molecular complexity index is 595. The summed E-state index contributed by atoms with van der Waals surface area (Å²) < 4.78 is 5.32. The fourth-order valence-electron chi connectivity index (χ4n) is 2.34. The smallest absolute Gasteiger partial charge is 0.273 e. The average Bonchev–Trinajstić information content (AvgIpc) is 3.07. The molecule has 2 rings (SSSR count). The first-order valence-corrected chi connectivity index (χ1v) is 8.23. The number of hydrogen-bond donors (Lipinski definition) is 2. The van der Waals surface area contributed by atoms with Crippen molar-refractivity contribution in [3.63, 3.8) is 0 Å². The van der Waals surface area contributed by atoms with E-state index in [0.717, 1.165) is 32.1 Å². The number of rotatable bonds is 9. The molecule has 0 aliphatic carbocycles. The Kier molecular flexibility index (Phi) is 6.81. The molecule has 124 valence electrons. The number of carbonyl (C=O) groups is 1. The van der Waals surface area contributed by atoms with Crippen molar-refractivity contribution in [2.24, 2.45) is 5.73 Å². The van der Waals surface area contributed by atoms with Crippen molar-refractivity contribution in [3.05, 3.63) is 53.7 Å². The number of nitrogens with zero attached hydrogens (tertiary/aromatic N) is 1. The molecule has 1 unspecified atom stereocenters. The van der Waals surface area contributed by atoms with Crippen LogP contribution in [-0.2, 0) is 6.42 Å². The third-order valence-electron chi connectivity index (χ3n) is 3.71. The van der Waals surface area contributed by atoms with E-state index in [1.807, 2.05) is 18.2 Å². The van der Waals surface area contributed by atoms with Gasteiger partial charge in [0, 0.05) is 6.54 Å². The van der Waals surface area contributed by atoms with Crippen LogP contribution in [0.2, 0.25) is 0 Å². The Morgan fingerprint density at radius 2 is 2.09 bits per heavy atom. The van der Waals surface area contributed by atoms with Crippen molar-refractivity contribution in [1.29, 1.82) is 0 Å². The molecule has 23 heavy (non-hydrogen) atoms. The van der Waals surface area contributed by atoms with Crippen LogP contribution in [0.25, 0.3) is 0 Å². The summed E-state index contributed by atoms with van der Waals surface area (Å²) in [5.74, 6) is 0.226. The summed E-state index contributed by atoms with van der Waals surface area (Å²) in [5.41, 5.74) is 7.56. The molecule has 2 aromatic rings. The number of nitrogens with one attached hydrogen (secondary N) is 1. The van der Waals surface area contributed by atoms with Crippen molar-refractivity contribution in [1.82, 2.24) is 10.3 Å². The second-order valence-corrected chi connectivity index (χ2v) is 5.66. The topological polar surface area (TPSA) is 81.1 Å². The minimum atomic E-state index is -0.241. The highest BCUT2D eigenvalue weighted by atomic mass is 16.3. The summed E-state index contributed by atoms with van der Waals surface area (Å²) in [5, 5.41) is 2.86. The van der Waals surface area contributed by atoms with E-state index >= 15 is 0 Å². The van der Waals surface area contributed by atoms with E-state index in [2.05, 4.69) is 29.4 Å². The van der Waals surface area contributed by atoms with Gasteiger partial charge in [0.25, 0.3) is 5.91 Å². The maximum absolute atomic E-state index is 12.0. The number of aromatic nitrogens is 1. The minimum absolute atomic E-state index is 0.212. The predicted octanol–water partition coefficient (Wildman–Crippen LogP) is 3.23. The number of nitrogens with two attached hydrogens (primary N) is 1. The van der Waals surface area contributed by atoms with E-state index in [4.69, 9.17) is 10.2 Å². The lowest BCUT2D eigenvalue weighted by Crippen LogP contribution is -2.25. The zero-order valence-corrected chi connectivity index (χ0v) is 13.6. The fourth-order valence-corrected chi connectivity index (χ4v) is 2.34. The van der Waals surface area contributed by atoms with Crippen LogP contribution in [0.15, 0.2) is 41.0 Å². The number of amides is 1. The molecule has 3 N–H and O–H groups in total. The summed E-state index contributed by atoms with van der Waals surface area (Å²) in [4.78, 5) is 16.2. The number of oxazole rings is 1. The van der Waals surface area contributed by atoms with Crippen molar-refractivity contribution in [2.75, 3.05) is 6.54 Å². The molecule has 0 spiro atoms. The normalized spacial score (nSPS) is 12.1. The van der Waals surface area contributed by atoms with Crippen LogP contribution >= 0.6 is 0 Å². The molecule has 1 heterocycles. The second-order valence-electron chi connectivity index (χ2n) is 5.66. The molecule has 0 radical (unpaired) electrons. The van der Waals surface area contributed by atoms with Gasteiger partial charge in [0.1, 0.15) is 6.26 Å². The Morgan fingerprint density at radius 1 is 1.30 bits per heavy atom. The first-order valence-electron chi connectivity index (χ1n) is 8.23. The largest absolute Gasteiger partial charge is 0.446 e. The van der Waals surface area contributed by atoms with Gasteiger partial charge in [0.2, 0.25) is 5.89 Å². The average molecular weight is 315 g/mol. The molecule has 1 aromatic heterocycles. The van der Waals surface area contributed by atoms with Crippen LogP contribution in [0.1, 0.15) is 60.6 Å². The van der Waals surface area contributed by atoms with Crippen molar-refractivity contribution in [3.8, 4) is 0 Å². The monoisotopic (exact) mass is 315 g/mol. The van der Waals surface area contributed by atoms with Gasteiger partial charge in [0.15, 0.2) is 5.69 Å². The molecule has 0 aliphatic heterocycles. The van der Waals surface area contributed by atoms with Gasteiger partial charge >= 0.3 is 0 Å². The summed E-state index contributed by atoms with van der Waals surface area (Å²) >= 11 is 0. The molecule has 0 saturated carbocycles. The van der Waals surface area contributed by atoms with Gasteiger partial charge in [-0.2, -0.15) is 0 Å². The van der Waals surface area contributed by atoms with Crippen LogP contribution in [0.5, 0.6) is 0 Å². The molecule has 1 atom stereocenters. The highest BCUT2D eigenvalue weighted by Crippen LogP contribution is 2.16. The van der Waals surface area contributed by atoms with E-state index in [-0.39, 0.29) is 11.9 Å². The molecule has 0 saturated heterocycles. The Balaban J connectivity index is 1.74. The van der Waals surface area contributed by atoms with E-state index in [1.165, 1.54) is 11.8 Å². The summed E-state index contributed by atoms with van der Waals surface area (Å²) in [7, 11) is 0. The first kappa shape index (κ1) is 17.2. The number of aryl methyl sites for hydroxylation is 1. The van der Waals surface area contributed by atoms with Gasteiger partial charge in [-0.1, -0.05) is 50.1 Å².